The number of nitrogens with one attached hydrogen (secondary N) is 1. The smallest absolute Gasteiger partial charge is 0.168 e. The van der Waals surface area contributed by atoms with Gasteiger partial charge in [0.05, 0.1) is 19.9 Å². The minimum Gasteiger partial charge on any atom is -0.494 e. The van der Waals surface area contributed by atoms with Crippen molar-refractivity contribution in [3.8, 4) is 11.5 Å². The molecule has 0 bridgehead atoms. The molecule has 0 saturated heterocycles. The number of hydrogen-bond donors (Lipinski definition) is 2. The third-order valence-electron chi connectivity index (χ3n) is 1.85. The highest BCUT2D eigenvalue weighted by molar-refractivity contribution is 5.74. The van der Waals surface area contributed by atoms with E-state index < -0.39 is 0 Å². The first-order valence-corrected chi connectivity index (χ1v) is 3.92. The van der Waals surface area contributed by atoms with Crippen LogP contribution in [0.25, 0.3) is 0 Å². The Kier molecular flexibility index (Phi) is 2.84. The number of methoxy groups -OCH3 is 2. The van der Waals surface area contributed by atoms with Gasteiger partial charge in [-0.25, -0.2) is 0 Å². The molecule has 3 N–H and O–H groups in total. The molecule has 1 aromatic rings. The van der Waals surface area contributed by atoms with Crippen molar-refractivity contribution in [2.24, 2.45) is 0 Å². The first kappa shape index (κ1) is 9.51. The Bertz CT molecular complexity index is 300. The molecule has 0 aliphatic carbocycles. The summed E-state index contributed by atoms with van der Waals surface area (Å²) >= 11 is 0. The predicted octanol–water partition coefficient (Wildman–Crippen LogP) is 1.33. The Balaban J connectivity index is 3.23. The van der Waals surface area contributed by atoms with Crippen molar-refractivity contribution in [2.75, 3.05) is 32.3 Å². The second kappa shape index (κ2) is 3.89. The van der Waals surface area contributed by atoms with Crippen molar-refractivity contribution >= 4 is 11.4 Å². The van der Waals surface area contributed by atoms with Crippen LogP contribution in [0, 0.1) is 0 Å². The van der Waals surface area contributed by atoms with Crippen LogP contribution in [0.15, 0.2) is 12.1 Å². The van der Waals surface area contributed by atoms with Gasteiger partial charge in [-0.3, -0.25) is 0 Å². The Morgan fingerprint density at radius 2 is 1.92 bits per heavy atom. The van der Waals surface area contributed by atoms with Crippen LogP contribution in [0.5, 0.6) is 11.5 Å². The van der Waals surface area contributed by atoms with Crippen molar-refractivity contribution in [3.05, 3.63) is 12.1 Å². The second-order valence-corrected chi connectivity index (χ2v) is 2.51. The number of nitrogen functional groups attached to an aromatic ring is 1. The summed E-state index contributed by atoms with van der Waals surface area (Å²) in [5.41, 5.74) is 7.15. The maximum absolute atomic E-state index is 5.79. The van der Waals surface area contributed by atoms with E-state index in [0.717, 1.165) is 5.69 Å². The average molecular weight is 182 g/mol. The highest BCUT2D eigenvalue weighted by Gasteiger charge is 2.10. The van der Waals surface area contributed by atoms with Crippen LogP contribution in [0.3, 0.4) is 0 Å². The lowest BCUT2D eigenvalue weighted by atomic mass is 10.2. The molecule has 1 aromatic carbocycles. The van der Waals surface area contributed by atoms with Crippen molar-refractivity contribution in [3.63, 3.8) is 0 Å². The van der Waals surface area contributed by atoms with Gasteiger partial charge >= 0.3 is 0 Å². The fourth-order valence-corrected chi connectivity index (χ4v) is 1.18. The zero-order chi connectivity index (χ0) is 9.84. The number of ether oxygens (including phenoxy) is 2. The van der Waals surface area contributed by atoms with Crippen molar-refractivity contribution < 1.29 is 9.47 Å². The van der Waals surface area contributed by atoms with Gasteiger partial charge in [-0.1, -0.05) is 0 Å². The van der Waals surface area contributed by atoms with Gasteiger partial charge in [-0.15, -0.1) is 0 Å². The van der Waals surface area contributed by atoms with Gasteiger partial charge in [0.1, 0.15) is 11.4 Å². The standard InChI is InChI=1S/C9H14N2O2/c1-11-6-4-5-7(12-2)8(10)9(6)13-3/h4-5,11H,10H2,1-3H3. The zero-order valence-electron chi connectivity index (χ0n) is 8.05. The minimum atomic E-state index is 0.511. The van der Waals surface area contributed by atoms with Crippen LogP contribution >= 0.6 is 0 Å². The Morgan fingerprint density at radius 3 is 2.38 bits per heavy atom. The van der Waals surface area contributed by atoms with E-state index in [1.165, 1.54) is 0 Å². The molecule has 72 valence electrons. The van der Waals surface area contributed by atoms with Gasteiger partial charge in [-0.2, -0.15) is 0 Å². The van der Waals surface area contributed by atoms with Crippen molar-refractivity contribution in [2.45, 2.75) is 0 Å². The number of hydrogen-bond acceptors (Lipinski definition) is 4. The largest absolute Gasteiger partial charge is 0.494 e. The first-order valence-electron chi connectivity index (χ1n) is 3.92. The maximum Gasteiger partial charge on any atom is 0.168 e. The van der Waals surface area contributed by atoms with Crippen LogP contribution in [0.2, 0.25) is 0 Å². The molecule has 0 fully saturated rings. The molecule has 0 heterocycles. The number of anilines is 2. The SMILES string of the molecule is CNc1ccc(OC)c(N)c1OC. The monoisotopic (exact) mass is 182 g/mol. The van der Waals surface area contributed by atoms with Crippen LogP contribution in [-0.4, -0.2) is 21.3 Å². The maximum atomic E-state index is 5.79. The lowest BCUT2D eigenvalue weighted by molar-refractivity contribution is 0.399. The topological polar surface area (TPSA) is 56.5 Å². The van der Waals surface area contributed by atoms with Gasteiger partial charge in [-0.05, 0) is 12.1 Å². The van der Waals surface area contributed by atoms with E-state index in [4.69, 9.17) is 15.2 Å². The first-order chi connectivity index (χ1) is 6.24. The van der Waals surface area contributed by atoms with E-state index in [0.29, 0.717) is 17.2 Å². The molecule has 0 saturated carbocycles. The van der Waals surface area contributed by atoms with E-state index in [2.05, 4.69) is 5.32 Å². The summed E-state index contributed by atoms with van der Waals surface area (Å²) in [5, 5.41) is 2.98. The summed E-state index contributed by atoms with van der Waals surface area (Å²) in [6.07, 6.45) is 0. The second-order valence-electron chi connectivity index (χ2n) is 2.51. The van der Waals surface area contributed by atoms with Gasteiger partial charge in [0.15, 0.2) is 5.75 Å². The summed E-state index contributed by atoms with van der Waals surface area (Å²) in [6, 6.07) is 3.65. The predicted molar refractivity (Wildman–Crippen MR) is 53.5 cm³/mol. The molecule has 0 atom stereocenters. The van der Waals surface area contributed by atoms with Gasteiger partial charge < -0.3 is 20.5 Å². The summed E-state index contributed by atoms with van der Waals surface area (Å²) in [4.78, 5) is 0. The third-order valence-corrected chi connectivity index (χ3v) is 1.85. The third kappa shape index (κ3) is 1.61. The molecule has 13 heavy (non-hydrogen) atoms. The number of rotatable bonds is 3. The fraction of sp³-hybridized carbons (Fsp3) is 0.333. The van der Waals surface area contributed by atoms with Crippen LogP contribution in [0.1, 0.15) is 0 Å². The van der Waals surface area contributed by atoms with E-state index in [9.17, 15) is 0 Å². The number of nitrogens with two attached hydrogens (primary N) is 1. The van der Waals surface area contributed by atoms with Crippen LogP contribution in [0.4, 0.5) is 11.4 Å². The highest BCUT2D eigenvalue weighted by Crippen LogP contribution is 2.37. The lowest BCUT2D eigenvalue weighted by Crippen LogP contribution is -2.00. The summed E-state index contributed by atoms with van der Waals surface area (Å²) in [7, 11) is 4.96. The summed E-state index contributed by atoms with van der Waals surface area (Å²) in [5.74, 6) is 1.23. The van der Waals surface area contributed by atoms with E-state index in [1.54, 1.807) is 20.3 Å². The Morgan fingerprint density at radius 1 is 1.23 bits per heavy atom. The van der Waals surface area contributed by atoms with Gasteiger partial charge in [0.2, 0.25) is 0 Å². The van der Waals surface area contributed by atoms with Crippen molar-refractivity contribution in [1.29, 1.82) is 0 Å². The molecule has 4 heteroatoms. The molecular weight excluding hydrogens is 168 g/mol. The molecule has 0 amide bonds. The van der Waals surface area contributed by atoms with Crippen LogP contribution < -0.4 is 20.5 Å². The van der Waals surface area contributed by atoms with Gasteiger partial charge in [0, 0.05) is 7.05 Å². The number of benzene rings is 1. The Labute approximate surface area is 77.6 Å². The van der Waals surface area contributed by atoms with Crippen molar-refractivity contribution in [1.82, 2.24) is 0 Å². The molecule has 0 aliphatic heterocycles. The molecule has 0 unspecified atom stereocenters. The molecule has 1 rings (SSSR count). The molecule has 0 aromatic heterocycles. The van der Waals surface area contributed by atoms with E-state index in [-0.39, 0.29) is 0 Å². The van der Waals surface area contributed by atoms with Gasteiger partial charge in [0.25, 0.3) is 0 Å². The molecule has 4 nitrogen and oxygen atoms in total. The van der Waals surface area contributed by atoms with E-state index in [1.807, 2.05) is 13.1 Å². The highest BCUT2D eigenvalue weighted by atomic mass is 16.5. The summed E-state index contributed by atoms with van der Waals surface area (Å²) < 4.78 is 10.2. The zero-order valence-corrected chi connectivity index (χ0v) is 8.05. The Hall–Kier alpha value is -1.58. The summed E-state index contributed by atoms with van der Waals surface area (Å²) in [6.45, 7) is 0. The fourth-order valence-electron chi connectivity index (χ4n) is 1.18. The molecule has 0 radical (unpaired) electrons. The minimum absolute atomic E-state index is 0.511. The molecule has 0 aliphatic rings. The lowest BCUT2D eigenvalue weighted by Gasteiger charge is -2.13. The average Bonchev–Trinajstić information content (AvgIpc) is 2.17. The van der Waals surface area contributed by atoms with E-state index >= 15 is 0 Å². The molecule has 0 spiro atoms. The van der Waals surface area contributed by atoms with Crippen LogP contribution in [-0.2, 0) is 0 Å². The molecular formula is C9H14N2O2. The normalized spacial score (nSPS) is 9.46. The quantitative estimate of drug-likeness (QED) is 0.692.